The third-order valence-corrected chi connectivity index (χ3v) is 3.96. The van der Waals surface area contributed by atoms with E-state index in [0.717, 1.165) is 5.56 Å². The van der Waals surface area contributed by atoms with E-state index in [0.29, 0.717) is 18.7 Å². The number of amides is 1. The second kappa shape index (κ2) is 6.56. The summed E-state index contributed by atoms with van der Waals surface area (Å²) in [5.41, 5.74) is 0.927. The zero-order valence-corrected chi connectivity index (χ0v) is 12.4. The molecule has 1 fully saturated rings. The molecule has 1 aromatic rings. The van der Waals surface area contributed by atoms with Gasteiger partial charge in [0, 0.05) is 24.5 Å². The van der Waals surface area contributed by atoms with Crippen LogP contribution < -0.4 is 15.4 Å². The van der Waals surface area contributed by atoms with E-state index in [4.69, 9.17) is 4.74 Å². The fraction of sp³-hybridized carbons (Fsp3) is 0.533. The van der Waals surface area contributed by atoms with Crippen LogP contribution in [0.3, 0.4) is 0 Å². The van der Waals surface area contributed by atoms with Crippen LogP contribution in [0, 0.1) is 0 Å². The van der Waals surface area contributed by atoms with Gasteiger partial charge in [-0.3, -0.25) is 4.79 Å². The van der Waals surface area contributed by atoms with Gasteiger partial charge in [0.25, 0.3) is 0 Å². The van der Waals surface area contributed by atoms with E-state index in [2.05, 4.69) is 5.32 Å². The van der Waals surface area contributed by atoms with E-state index in [-0.39, 0.29) is 12.0 Å². The number of carbonyl (C=O) groups is 1. The Bertz CT molecular complexity index is 534. The van der Waals surface area contributed by atoms with Crippen molar-refractivity contribution in [2.24, 2.45) is 0 Å². The number of methoxy groups -OCH3 is 1. The topological polar surface area (TPSA) is 50.4 Å². The monoisotopic (exact) mass is 316 g/mol. The Morgan fingerprint density at radius 1 is 1.36 bits per heavy atom. The zero-order valence-electron chi connectivity index (χ0n) is 12.4. The Morgan fingerprint density at radius 3 is 2.68 bits per heavy atom. The van der Waals surface area contributed by atoms with Crippen LogP contribution in [-0.2, 0) is 4.79 Å². The molecule has 22 heavy (non-hydrogen) atoms. The number of carbonyl (C=O) groups excluding carboxylic acids is 1. The third-order valence-electron chi connectivity index (χ3n) is 3.96. The maximum atomic E-state index is 12.4. The van der Waals surface area contributed by atoms with Crippen LogP contribution in [0.15, 0.2) is 24.3 Å². The molecule has 1 aromatic carbocycles. The number of hydrogen-bond acceptors (Lipinski definition) is 3. The van der Waals surface area contributed by atoms with Crippen LogP contribution in [0.4, 0.5) is 13.2 Å². The highest BCUT2D eigenvalue weighted by Crippen LogP contribution is 2.34. The van der Waals surface area contributed by atoms with E-state index < -0.39 is 18.1 Å². The molecule has 0 spiro atoms. The lowest BCUT2D eigenvalue weighted by Crippen LogP contribution is -2.54. The van der Waals surface area contributed by atoms with Crippen molar-refractivity contribution in [3.63, 3.8) is 0 Å². The van der Waals surface area contributed by atoms with Crippen molar-refractivity contribution in [1.29, 1.82) is 0 Å². The molecular weight excluding hydrogens is 297 g/mol. The first-order valence-electron chi connectivity index (χ1n) is 7.07. The summed E-state index contributed by atoms with van der Waals surface area (Å²) in [7, 11) is 1.56. The standard InChI is InChI=1S/C15H19F3N2O2/c1-9-12(11-5-3-4-6-13(11)22-2)7-10(8-19-9)20-14(21)15(16,17)18/h3-6,9-10,12,19H,7-8H2,1-2H3,(H,20,21). The molecular formula is C15H19F3N2O2. The maximum Gasteiger partial charge on any atom is 0.471 e. The number of ether oxygens (including phenoxy) is 1. The molecule has 3 unspecified atom stereocenters. The SMILES string of the molecule is COc1ccccc1C1CC(NC(=O)C(F)(F)F)CNC1C. The second-order valence-corrected chi connectivity index (χ2v) is 5.45. The summed E-state index contributed by atoms with van der Waals surface area (Å²) in [6.45, 7) is 2.29. The Morgan fingerprint density at radius 2 is 2.05 bits per heavy atom. The van der Waals surface area contributed by atoms with Gasteiger partial charge in [-0.05, 0) is 25.0 Å². The zero-order chi connectivity index (χ0) is 16.3. The molecule has 122 valence electrons. The van der Waals surface area contributed by atoms with Gasteiger partial charge in [-0.2, -0.15) is 13.2 Å². The number of alkyl halides is 3. The summed E-state index contributed by atoms with van der Waals surface area (Å²) in [4.78, 5) is 11.1. The average Bonchev–Trinajstić information content (AvgIpc) is 2.48. The van der Waals surface area contributed by atoms with E-state index >= 15 is 0 Å². The Kier molecular flexibility index (Phi) is 4.95. The normalized spacial score (nSPS) is 25.6. The van der Waals surface area contributed by atoms with Crippen molar-refractivity contribution in [3.05, 3.63) is 29.8 Å². The summed E-state index contributed by atoms with van der Waals surface area (Å²) in [6, 6.07) is 6.93. The van der Waals surface area contributed by atoms with Crippen molar-refractivity contribution < 1.29 is 22.7 Å². The van der Waals surface area contributed by atoms with Crippen molar-refractivity contribution >= 4 is 5.91 Å². The van der Waals surface area contributed by atoms with E-state index in [1.165, 1.54) is 0 Å². The quantitative estimate of drug-likeness (QED) is 0.899. The lowest BCUT2D eigenvalue weighted by Gasteiger charge is -2.36. The largest absolute Gasteiger partial charge is 0.496 e. The van der Waals surface area contributed by atoms with E-state index in [9.17, 15) is 18.0 Å². The highest BCUT2D eigenvalue weighted by Gasteiger charge is 2.41. The van der Waals surface area contributed by atoms with Gasteiger partial charge in [-0.1, -0.05) is 18.2 Å². The van der Waals surface area contributed by atoms with E-state index in [1.54, 1.807) is 7.11 Å². The number of halogens is 3. The van der Waals surface area contributed by atoms with Crippen molar-refractivity contribution in [3.8, 4) is 5.75 Å². The average molecular weight is 316 g/mol. The summed E-state index contributed by atoms with van der Waals surface area (Å²) in [5.74, 6) is -1.24. The van der Waals surface area contributed by atoms with Gasteiger partial charge in [-0.25, -0.2) is 0 Å². The Labute approximate surface area is 127 Å². The predicted molar refractivity (Wildman–Crippen MR) is 75.8 cm³/mol. The maximum absolute atomic E-state index is 12.4. The van der Waals surface area contributed by atoms with Crippen LogP contribution in [0.1, 0.15) is 24.8 Å². The van der Waals surface area contributed by atoms with E-state index in [1.807, 2.05) is 36.5 Å². The molecule has 7 heteroatoms. The van der Waals surface area contributed by atoms with Crippen molar-refractivity contribution in [1.82, 2.24) is 10.6 Å². The molecule has 0 aliphatic carbocycles. The fourth-order valence-electron chi connectivity index (χ4n) is 2.81. The highest BCUT2D eigenvalue weighted by molar-refractivity contribution is 5.82. The summed E-state index contributed by atoms with van der Waals surface area (Å²) < 4.78 is 42.4. The molecule has 1 aliphatic heterocycles. The molecule has 3 atom stereocenters. The molecule has 1 aliphatic rings. The summed E-state index contributed by atoms with van der Waals surface area (Å²) >= 11 is 0. The molecule has 0 aromatic heterocycles. The predicted octanol–water partition coefficient (Wildman–Crippen LogP) is 2.21. The third kappa shape index (κ3) is 3.71. The first-order valence-corrected chi connectivity index (χ1v) is 7.07. The van der Waals surface area contributed by atoms with Crippen LogP contribution >= 0.6 is 0 Å². The van der Waals surface area contributed by atoms with Gasteiger partial charge in [0.1, 0.15) is 5.75 Å². The van der Waals surface area contributed by atoms with Gasteiger partial charge in [0.05, 0.1) is 7.11 Å². The molecule has 0 radical (unpaired) electrons. The van der Waals surface area contributed by atoms with Gasteiger partial charge < -0.3 is 15.4 Å². The fourth-order valence-corrected chi connectivity index (χ4v) is 2.81. The molecule has 2 rings (SSSR count). The van der Waals surface area contributed by atoms with Crippen LogP contribution in [0.2, 0.25) is 0 Å². The molecule has 4 nitrogen and oxygen atoms in total. The molecule has 1 amide bonds. The first kappa shape index (κ1) is 16.6. The number of rotatable bonds is 3. The lowest BCUT2D eigenvalue weighted by atomic mass is 9.83. The minimum atomic E-state index is -4.86. The Hall–Kier alpha value is -1.76. The number of piperidine rings is 1. The number of nitrogens with one attached hydrogen (secondary N) is 2. The van der Waals surface area contributed by atoms with Gasteiger partial charge in [0.15, 0.2) is 0 Å². The summed E-state index contributed by atoms with van der Waals surface area (Å²) in [6.07, 6.45) is -4.43. The van der Waals surface area contributed by atoms with Crippen LogP contribution in [0.5, 0.6) is 5.75 Å². The minimum Gasteiger partial charge on any atom is -0.496 e. The summed E-state index contributed by atoms with van der Waals surface area (Å²) in [5, 5.41) is 5.20. The molecule has 1 saturated heterocycles. The Balaban J connectivity index is 2.13. The smallest absolute Gasteiger partial charge is 0.471 e. The van der Waals surface area contributed by atoms with Gasteiger partial charge in [-0.15, -0.1) is 0 Å². The minimum absolute atomic E-state index is 0.0385. The molecule has 1 heterocycles. The number of hydrogen-bond donors (Lipinski definition) is 2. The van der Waals surface area contributed by atoms with Crippen molar-refractivity contribution in [2.45, 2.75) is 37.5 Å². The van der Waals surface area contributed by atoms with Crippen molar-refractivity contribution in [2.75, 3.05) is 13.7 Å². The second-order valence-electron chi connectivity index (χ2n) is 5.45. The van der Waals surface area contributed by atoms with Crippen LogP contribution in [-0.4, -0.2) is 37.8 Å². The molecule has 2 N–H and O–H groups in total. The molecule has 0 saturated carbocycles. The first-order chi connectivity index (χ1) is 10.3. The highest BCUT2D eigenvalue weighted by atomic mass is 19.4. The number of benzene rings is 1. The number of para-hydroxylation sites is 1. The van der Waals surface area contributed by atoms with Gasteiger partial charge >= 0.3 is 12.1 Å². The lowest BCUT2D eigenvalue weighted by molar-refractivity contribution is -0.174. The van der Waals surface area contributed by atoms with Crippen LogP contribution in [0.25, 0.3) is 0 Å². The molecule has 0 bridgehead atoms. The van der Waals surface area contributed by atoms with Gasteiger partial charge in [0.2, 0.25) is 0 Å².